The normalized spacial score (nSPS) is 10.8. The molecule has 3 rings (SSSR count). The lowest BCUT2D eigenvalue weighted by molar-refractivity contribution is -0.120. The topological polar surface area (TPSA) is 63.1 Å². The lowest BCUT2D eigenvalue weighted by Crippen LogP contribution is -2.38. The molecule has 0 fully saturated rings. The van der Waals surface area contributed by atoms with Crippen molar-refractivity contribution in [3.63, 3.8) is 0 Å². The number of thiophene rings is 1. The van der Waals surface area contributed by atoms with Crippen LogP contribution in [0.5, 0.6) is 0 Å². The number of amides is 2. The Morgan fingerprint density at radius 2 is 2.00 bits per heavy atom. The summed E-state index contributed by atoms with van der Waals surface area (Å²) < 4.78 is 2.88. The quantitative estimate of drug-likeness (QED) is 0.695. The van der Waals surface area contributed by atoms with Gasteiger partial charge < -0.3 is 15.2 Å². The molecule has 0 radical (unpaired) electrons. The molecule has 0 saturated heterocycles. The van der Waals surface area contributed by atoms with Crippen LogP contribution in [0.15, 0.2) is 41.8 Å². The maximum absolute atomic E-state index is 12.3. The van der Waals surface area contributed by atoms with Crippen molar-refractivity contribution in [2.75, 3.05) is 13.1 Å². The fourth-order valence-corrected chi connectivity index (χ4v) is 3.70. The summed E-state index contributed by atoms with van der Waals surface area (Å²) in [6.07, 6.45) is 0.646. The lowest BCUT2D eigenvalue weighted by atomic mass is 10.1. The van der Waals surface area contributed by atoms with E-state index in [0.29, 0.717) is 23.7 Å². The van der Waals surface area contributed by atoms with Gasteiger partial charge in [0.2, 0.25) is 5.91 Å². The van der Waals surface area contributed by atoms with Crippen molar-refractivity contribution in [3.8, 4) is 0 Å². The second-order valence-electron chi connectivity index (χ2n) is 5.63. The Kier molecular flexibility index (Phi) is 5.40. The Labute approximate surface area is 154 Å². The molecule has 0 spiro atoms. The van der Waals surface area contributed by atoms with Gasteiger partial charge in [-0.3, -0.25) is 9.59 Å². The molecule has 5 nitrogen and oxygen atoms in total. The Morgan fingerprint density at radius 3 is 2.76 bits per heavy atom. The Hall–Kier alpha value is -2.31. The molecule has 0 aliphatic rings. The zero-order chi connectivity index (χ0) is 17.8. The summed E-state index contributed by atoms with van der Waals surface area (Å²) in [5.74, 6) is -0.483. The van der Waals surface area contributed by atoms with Crippen LogP contribution in [0.4, 0.5) is 0 Å². The highest BCUT2D eigenvalue weighted by Gasteiger charge is 2.14. The van der Waals surface area contributed by atoms with Gasteiger partial charge in [0, 0.05) is 18.6 Å². The Bertz CT molecular complexity index is 916. The van der Waals surface area contributed by atoms with E-state index in [1.807, 2.05) is 53.4 Å². The number of aromatic nitrogens is 1. The zero-order valence-corrected chi connectivity index (χ0v) is 15.3. The fraction of sp³-hybridized carbons (Fsp3) is 0.222. The molecular weight excluding hydrogens is 358 g/mol. The average Bonchev–Trinajstić information content (AvgIpc) is 3.18. The number of hydrogen-bond acceptors (Lipinski definition) is 3. The molecule has 3 aromatic rings. The van der Waals surface area contributed by atoms with Crippen molar-refractivity contribution in [1.29, 1.82) is 0 Å². The van der Waals surface area contributed by atoms with Gasteiger partial charge in [-0.15, -0.1) is 11.3 Å². The number of aryl methyl sites for hydroxylation is 1. The molecule has 2 N–H and O–H groups in total. The van der Waals surface area contributed by atoms with Gasteiger partial charge in [0.15, 0.2) is 0 Å². The molecule has 0 aliphatic heterocycles. The van der Waals surface area contributed by atoms with Crippen LogP contribution in [0.3, 0.4) is 0 Å². The third-order valence-corrected chi connectivity index (χ3v) is 5.20. The van der Waals surface area contributed by atoms with Crippen molar-refractivity contribution in [3.05, 3.63) is 58.1 Å². The summed E-state index contributed by atoms with van der Waals surface area (Å²) >= 11 is 7.66. The number of benzene rings is 1. The van der Waals surface area contributed by atoms with Gasteiger partial charge in [0.05, 0.1) is 16.8 Å². The third-order valence-electron chi connectivity index (χ3n) is 3.98. The molecule has 2 heterocycles. The number of carbonyl (C=O) groups excluding carboxylic acids is 2. The predicted octanol–water partition coefficient (Wildman–Crippen LogP) is 2.98. The van der Waals surface area contributed by atoms with Crippen LogP contribution in [0.25, 0.3) is 10.2 Å². The molecule has 0 bridgehead atoms. The molecule has 25 heavy (non-hydrogen) atoms. The monoisotopic (exact) mass is 375 g/mol. The molecule has 1 aromatic carbocycles. The summed E-state index contributed by atoms with van der Waals surface area (Å²) in [4.78, 5) is 24.2. The van der Waals surface area contributed by atoms with Crippen molar-refractivity contribution >= 4 is 45.0 Å². The van der Waals surface area contributed by atoms with E-state index in [9.17, 15) is 9.59 Å². The Morgan fingerprint density at radius 1 is 1.20 bits per heavy atom. The molecule has 0 saturated carbocycles. The summed E-state index contributed by atoms with van der Waals surface area (Å²) in [5, 5.41) is 8.12. The highest BCUT2D eigenvalue weighted by Crippen LogP contribution is 2.23. The first-order valence-electron chi connectivity index (χ1n) is 7.87. The second-order valence-corrected chi connectivity index (χ2v) is 6.99. The number of carbonyl (C=O) groups is 2. The van der Waals surface area contributed by atoms with Gasteiger partial charge in [0.1, 0.15) is 5.69 Å². The fourth-order valence-electron chi connectivity index (χ4n) is 2.62. The van der Waals surface area contributed by atoms with Crippen LogP contribution >= 0.6 is 22.9 Å². The van der Waals surface area contributed by atoms with E-state index in [2.05, 4.69) is 10.6 Å². The number of nitrogens with one attached hydrogen (secondary N) is 2. The number of rotatable bonds is 6. The number of hydrogen-bond donors (Lipinski definition) is 2. The van der Waals surface area contributed by atoms with E-state index in [0.717, 1.165) is 15.8 Å². The highest BCUT2D eigenvalue weighted by atomic mass is 35.5. The molecule has 2 aromatic heterocycles. The first kappa shape index (κ1) is 17.5. The van der Waals surface area contributed by atoms with Crippen molar-refractivity contribution < 1.29 is 9.59 Å². The second kappa shape index (κ2) is 7.72. The lowest BCUT2D eigenvalue weighted by Gasteiger charge is -2.08. The van der Waals surface area contributed by atoms with E-state index in [1.165, 1.54) is 0 Å². The van der Waals surface area contributed by atoms with Crippen LogP contribution in [0.1, 0.15) is 16.1 Å². The largest absolute Gasteiger partial charge is 0.354 e. The minimum atomic E-state index is -0.257. The first-order chi connectivity index (χ1) is 12.1. The molecule has 0 unspecified atom stereocenters. The van der Waals surface area contributed by atoms with Crippen molar-refractivity contribution in [2.24, 2.45) is 7.05 Å². The van der Waals surface area contributed by atoms with Crippen LogP contribution < -0.4 is 10.6 Å². The standard InChI is InChI=1S/C18H18ClN3O2S/c1-22-14-7-9-25-16(14)10-15(22)18(24)21-11-17(23)20-8-6-12-4-2-3-5-13(12)19/h2-5,7,9-10H,6,8,11H2,1H3,(H,20,23)(H,21,24). The minimum Gasteiger partial charge on any atom is -0.354 e. The van der Waals surface area contributed by atoms with Crippen LogP contribution in [0, 0.1) is 0 Å². The average molecular weight is 376 g/mol. The number of nitrogens with zero attached hydrogens (tertiary/aromatic N) is 1. The molecular formula is C18H18ClN3O2S. The molecule has 0 atom stereocenters. The SMILES string of the molecule is Cn1c(C(=O)NCC(=O)NCCc2ccccc2Cl)cc2sccc21. The van der Waals surface area contributed by atoms with E-state index < -0.39 is 0 Å². The van der Waals surface area contributed by atoms with Crippen LogP contribution in [0.2, 0.25) is 5.02 Å². The summed E-state index contributed by atoms with van der Waals surface area (Å²) in [6.45, 7) is 0.415. The van der Waals surface area contributed by atoms with E-state index in [4.69, 9.17) is 11.6 Å². The van der Waals surface area contributed by atoms with E-state index in [1.54, 1.807) is 11.3 Å². The van der Waals surface area contributed by atoms with E-state index >= 15 is 0 Å². The minimum absolute atomic E-state index is 0.0554. The predicted molar refractivity (Wildman–Crippen MR) is 101 cm³/mol. The summed E-state index contributed by atoms with van der Waals surface area (Å²) in [6, 6.07) is 11.3. The molecule has 7 heteroatoms. The van der Waals surface area contributed by atoms with Crippen molar-refractivity contribution in [2.45, 2.75) is 6.42 Å². The third kappa shape index (κ3) is 4.03. The summed E-state index contributed by atoms with van der Waals surface area (Å²) in [7, 11) is 1.84. The van der Waals surface area contributed by atoms with Crippen molar-refractivity contribution in [1.82, 2.24) is 15.2 Å². The summed E-state index contributed by atoms with van der Waals surface area (Å²) in [5.41, 5.74) is 2.54. The highest BCUT2D eigenvalue weighted by molar-refractivity contribution is 7.17. The van der Waals surface area contributed by atoms with Gasteiger partial charge in [-0.2, -0.15) is 0 Å². The van der Waals surface area contributed by atoms with Crippen LogP contribution in [-0.2, 0) is 18.3 Å². The van der Waals surface area contributed by atoms with Gasteiger partial charge in [0.25, 0.3) is 5.91 Å². The van der Waals surface area contributed by atoms with Crippen LogP contribution in [-0.4, -0.2) is 29.5 Å². The van der Waals surface area contributed by atoms with Gasteiger partial charge in [-0.05, 0) is 35.6 Å². The molecule has 2 amide bonds. The smallest absolute Gasteiger partial charge is 0.268 e. The van der Waals surface area contributed by atoms with E-state index in [-0.39, 0.29) is 18.4 Å². The van der Waals surface area contributed by atoms with Gasteiger partial charge >= 0.3 is 0 Å². The maximum atomic E-state index is 12.3. The van der Waals surface area contributed by atoms with Gasteiger partial charge in [-0.25, -0.2) is 0 Å². The Balaban J connectivity index is 1.47. The zero-order valence-electron chi connectivity index (χ0n) is 13.7. The molecule has 0 aliphatic carbocycles. The first-order valence-corrected chi connectivity index (χ1v) is 9.13. The molecule has 130 valence electrons. The number of halogens is 1. The number of fused-ring (bicyclic) bond motifs is 1. The maximum Gasteiger partial charge on any atom is 0.268 e. The van der Waals surface area contributed by atoms with Gasteiger partial charge in [-0.1, -0.05) is 29.8 Å².